The maximum Gasteiger partial charge on any atom is 0.298 e. The number of halogens is 1. The average molecular weight is 391 g/mol. The van der Waals surface area contributed by atoms with Gasteiger partial charge in [-0.25, -0.2) is 4.98 Å². The molecule has 6 nitrogen and oxygen atoms in total. The molecule has 0 saturated heterocycles. The van der Waals surface area contributed by atoms with Crippen LogP contribution in [0.2, 0.25) is 5.02 Å². The van der Waals surface area contributed by atoms with Crippen molar-refractivity contribution in [1.29, 1.82) is 0 Å². The van der Waals surface area contributed by atoms with E-state index in [0.29, 0.717) is 29.1 Å². The number of hydrogen-bond donors (Lipinski definition) is 0. The fourth-order valence-electron chi connectivity index (χ4n) is 2.60. The summed E-state index contributed by atoms with van der Waals surface area (Å²) in [6.45, 7) is 2.94. The molecule has 2 aromatic heterocycles. The predicted octanol–water partition coefficient (Wildman–Crippen LogP) is 4.27. The highest BCUT2D eigenvalue weighted by atomic mass is 35.5. The van der Waals surface area contributed by atoms with Gasteiger partial charge in [0.25, 0.3) is 5.91 Å². The van der Waals surface area contributed by atoms with Gasteiger partial charge in [-0.15, -0.1) is 0 Å². The Bertz CT molecular complexity index is 942. The Morgan fingerprint density at radius 1 is 1.35 bits per heavy atom. The molecule has 3 aromatic rings. The molecule has 1 aliphatic heterocycles. The molecular weight excluding hydrogens is 376 g/mol. The van der Waals surface area contributed by atoms with Crippen molar-refractivity contribution in [2.75, 3.05) is 18.1 Å². The zero-order valence-corrected chi connectivity index (χ0v) is 15.5. The van der Waals surface area contributed by atoms with Crippen molar-refractivity contribution in [3.05, 3.63) is 58.9 Å². The highest BCUT2D eigenvalue weighted by Crippen LogP contribution is 2.36. The molecule has 4 rings (SSSR count). The highest BCUT2D eigenvalue weighted by Gasteiger charge is 2.27. The van der Waals surface area contributed by atoms with E-state index in [1.807, 2.05) is 19.1 Å². The van der Waals surface area contributed by atoms with Gasteiger partial charge in [-0.2, -0.15) is 0 Å². The minimum absolute atomic E-state index is 0.143. The molecule has 26 heavy (non-hydrogen) atoms. The highest BCUT2D eigenvalue weighted by molar-refractivity contribution is 7.23. The number of furan rings is 1. The molecule has 0 spiro atoms. The van der Waals surface area contributed by atoms with Crippen molar-refractivity contribution in [3.8, 4) is 0 Å². The average Bonchev–Trinajstić information content (AvgIpc) is 3.33. The first kappa shape index (κ1) is 16.9. The van der Waals surface area contributed by atoms with Crippen LogP contribution in [-0.4, -0.2) is 24.1 Å². The van der Waals surface area contributed by atoms with Crippen molar-refractivity contribution < 1.29 is 18.7 Å². The quantitative estimate of drug-likeness (QED) is 0.665. The second-order valence-electron chi connectivity index (χ2n) is 5.71. The maximum atomic E-state index is 13.0. The number of aryl methyl sites for hydroxylation is 1. The fourth-order valence-corrected chi connectivity index (χ4v) is 3.92. The van der Waals surface area contributed by atoms with Gasteiger partial charge in [-0.1, -0.05) is 29.0 Å². The Hall–Kier alpha value is -2.51. The molecule has 0 unspecified atom stereocenters. The number of nitrogens with zero attached hydrogens (tertiary/aromatic N) is 2. The molecule has 1 amide bonds. The van der Waals surface area contributed by atoms with Gasteiger partial charge in [-0.05, 0) is 30.7 Å². The Morgan fingerprint density at radius 2 is 2.23 bits per heavy atom. The molecule has 0 bridgehead atoms. The van der Waals surface area contributed by atoms with E-state index in [1.54, 1.807) is 18.4 Å². The van der Waals surface area contributed by atoms with Crippen LogP contribution in [0.15, 0.2) is 47.0 Å². The van der Waals surface area contributed by atoms with Crippen LogP contribution in [0.4, 0.5) is 5.13 Å². The molecule has 0 fully saturated rings. The Kier molecular flexibility index (Phi) is 4.57. The first-order valence-electron chi connectivity index (χ1n) is 7.98. The van der Waals surface area contributed by atoms with Gasteiger partial charge in [0.2, 0.25) is 5.76 Å². The van der Waals surface area contributed by atoms with E-state index in [9.17, 15) is 4.79 Å². The third-order valence-electron chi connectivity index (χ3n) is 3.92. The number of amides is 1. The van der Waals surface area contributed by atoms with Crippen molar-refractivity contribution in [1.82, 2.24) is 4.98 Å². The number of carbonyl (C=O) groups is 1. The number of thiazole rings is 1. The summed E-state index contributed by atoms with van der Waals surface area (Å²) in [6, 6.07) is 7.32. The lowest BCUT2D eigenvalue weighted by atomic mass is 10.2. The minimum atomic E-state index is -0.339. The molecule has 0 saturated carbocycles. The van der Waals surface area contributed by atoms with Gasteiger partial charge in [0, 0.05) is 0 Å². The van der Waals surface area contributed by atoms with E-state index in [0.717, 1.165) is 15.8 Å². The van der Waals surface area contributed by atoms with Crippen LogP contribution in [0.5, 0.6) is 0 Å². The van der Waals surface area contributed by atoms with Crippen LogP contribution in [0.3, 0.4) is 0 Å². The van der Waals surface area contributed by atoms with Gasteiger partial charge in [0.1, 0.15) is 25.2 Å². The summed E-state index contributed by atoms with van der Waals surface area (Å²) in [6.07, 6.45) is 2.91. The van der Waals surface area contributed by atoms with Crippen molar-refractivity contribution in [2.24, 2.45) is 0 Å². The summed E-state index contributed by atoms with van der Waals surface area (Å²) in [5.74, 6) is 0.441. The summed E-state index contributed by atoms with van der Waals surface area (Å²) in [5, 5.41) is 1.13. The summed E-state index contributed by atoms with van der Waals surface area (Å²) in [5.41, 5.74) is 1.78. The molecule has 0 atom stereocenters. The SMILES string of the molecule is Cc1ccc(Cl)c2sc(N(Cc3ccco3)C(=O)C3=COCCO3)nc12. The lowest BCUT2D eigenvalue weighted by Crippen LogP contribution is -2.33. The number of fused-ring (bicyclic) bond motifs is 1. The first-order chi connectivity index (χ1) is 12.6. The molecule has 1 aromatic carbocycles. The monoisotopic (exact) mass is 390 g/mol. The molecule has 3 heterocycles. The van der Waals surface area contributed by atoms with Crippen molar-refractivity contribution in [3.63, 3.8) is 0 Å². The van der Waals surface area contributed by atoms with E-state index in [1.165, 1.54) is 22.5 Å². The topological polar surface area (TPSA) is 64.8 Å². The van der Waals surface area contributed by atoms with Gasteiger partial charge < -0.3 is 13.9 Å². The second kappa shape index (κ2) is 7.01. The zero-order valence-electron chi connectivity index (χ0n) is 13.9. The summed E-state index contributed by atoms with van der Waals surface area (Å²) in [4.78, 5) is 19.2. The summed E-state index contributed by atoms with van der Waals surface area (Å²) < 4.78 is 16.9. The van der Waals surface area contributed by atoms with Crippen LogP contribution in [0, 0.1) is 6.92 Å². The number of ether oxygens (including phenoxy) is 2. The summed E-state index contributed by atoms with van der Waals surface area (Å²) >= 11 is 7.67. The standard InChI is InChI=1S/C18H15ClN2O4S/c1-11-4-5-13(19)16-15(11)20-18(26-16)21(9-12-3-2-6-24-12)17(22)14-10-23-7-8-25-14/h2-6,10H,7-9H2,1H3. The number of aromatic nitrogens is 1. The third kappa shape index (κ3) is 3.15. The molecule has 8 heteroatoms. The van der Waals surface area contributed by atoms with Crippen LogP contribution in [-0.2, 0) is 20.8 Å². The third-order valence-corrected chi connectivity index (χ3v) is 5.45. The molecular formula is C18H15ClN2O4S. The first-order valence-corrected chi connectivity index (χ1v) is 9.17. The largest absolute Gasteiger partial charge is 0.494 e. The number of hydrogen-bond acceptors (Lipinski definition) is 6. The number of carbonyl (C=O) groups excluding carboxylic acids is 1. The van der Waals surface area contributed by atoms with E-state index >= 15 is 0 Å². The molecule has 134 valence electrons. The van der Waals surface area contributed by atoms with Crippen LogP contribution >= 0.6 is 22.9 Å². The van der Waals surface area contributed by atoms with Gasteiger partial charge in [-0.3, -0.25) is 9.69 Å². The number of anilines is 1. The van der Waals surface area contributed by atoms with E-state index in [2.05, 4.69) is 4.98 Å². The number of rotatable bonds is 4. The van der Waals surface area contributed by atoms with E-state index < -0.39 is 0 Å². The fraction of sp³-hybridized carbons (Fsp3) is 0.222. The smallest absolute Gasteiger partial charge is 0.298 e. The number of benzene rings is 1. The van der Waals surface area contributed by atoms with Crippen LogP contribution in [0.1, 0.15) is 11.3 Å². The zero-order chi connectivity index (χ0) is 18.1. The van der Waals surface area contributed by atoms with Crippen molar-refractivity contribution in [2.45, 2.75) is 13.5 Å². The van der Waals surface area contributed by atoms with Gasteiger partial charge >= 0.3 is 0 Å². The molecule has 0 aliphatic carbocycles. The molecule has 1 aliphatic rings. The van der Waals surface area contributed by atoms with Crippen molar-refractivity contribution >= 4 is 44.2 Å². The van der Waals surface area contributed by atoms with E-state index in [4.69, 9.17) is 25.5 Å². The van der Waals surface area contributed by atoms with E-state index in [-0.39, 0.29) is 18.2 Å². The lowest BCUT2D eigenvalue weighted by Gasteiger charge is -2.22. The second-order valence-corrected chi connectivity index (χ2v) is 7.10. The summed E-state index contributed by atoms with van der Waals surface area (Å²) in [7, 11) is 0. The maximum absolute atomic E-state index is 13.0. The molecule has 0 N–H and O–H groups in total. The van der Waals surface area contributed by atoms with Gasteiger partial charge in [0.05, 0.1) is 28.0 Å². The molecule has 0 radical (unpaired) electrons. The van der Waals surface area contributed by atoms with Crippen LogP contribution in [0.25, 0.3) is 10.2 Å². The minimum Gasteiger partial charge on any atom is -0.494 e. The Morgan fingerprint density at radius 3 is 2.92 bits per heavy atom. The Labute approximate surface area is 158 Å². The predicted molar refractivity (Wildman–Crippen MR) is 99.3 cm³/mol. The Balaban J connectivity index is 1.77. The normalized spacial score (nSPS) is 13.8. The van der Waals surface area contributed by atoms with Gasteiger partial charge in [0.15, 0.2) is 5.13 Å². The van der Waals surface area contributed by atoms with Crippen LogP contribution < -0.4 is 4.90 Å². The lowest BCUT2D eigenvalue weighted by molar-refractivity contribution is -0.120.